The number of nitrogens with one attached hydrogen (secondary N) is 1. The van der Waals surface area contributed by atoms with Gasteiger partial charge < -0.3 is 5.73 Å². The summed E-state index contributed by atoms with van der Waals surface area (Å²) in [6, 6.07) is 7.87. The highest BCUT2D eigenvalue weighted by Gasteiger charge is 2.11. The molecular weight excluding hydrogens is 276 g/mol. The number of nitrogen functional groups attached to an aromatic ring is 1. The van der Waals surface area contributed by atoms with Gasteiger partial charge in [0.15, 0.2) is 9.86 Å². The maximum atomic E-state index is 6.01. The van der Waals surface area contributed by atoms with E-state index in [9.17, 15) is 0 Å². The van der Waals surface area contributed by atoms with Crippen LogP contribution in [-0.2, 0) is 5.75 Å². The lowest BCUT2D eigenvalue weighted by atomic mass is 10.2. The zero-order chi connectivity index (χ0) is 13.2. The molecule has 19 heavy (non-hydrogen) atoms. The van der Waals surface area contributed by atoms with E-state index in [4.69, 9.17) is 5.73 Å². The molecule has 2 heterocycles. The largest absolute Gasteiger partial charge is 0.318 e. The third-order valence-electron chi connectivity index (χ3n) is 2.66. The van der Waals surface area contributed by atoms with Gasteiger partial charge in [0.2, 0.25) is 11.6 Å². The summed E-state index contributed by atoms with van der Waals surface area (Å²) in [6.45, 7) is 2.00. The number of thioether (sulfide) groups is 1. The molecule has 0 spiro atoms. The van der Waals surface area contributed by atoms with E-state index in [1.807, 2.05) is 36.6 Å². The third-order valence-corrected chi connectivity index (χ3v) is 4.81. The van der Waals surface area contributed by atoms with E-state index in [1.54, 1.807) is 23.1 Å². The van der Waals surface area contributed by atoms with E-state index in [0.29, 0.717) is 5.82 Å². The van der Waals surface area contributed by atoms with Crippen LogP contribution in [0.4, 0.5) is 5.82 Å². The van der Waals surface area contributed by atoms with Gasteiger partial charge in [0, 0.05) is 11.1 Å². The normalized spacial score (nSPS) is 11.0. The number of nitrogens with zero attached hydrogens (tertiary/aromatic N) is 2. The van der Waals surface area contributed by atoms with Crippen LogP contribution in [0.15, 0.2) is 34.0 Å². The lowest BCUT2D eigenvalue weighted by Crippen LogP contribution is -2.18. The van der Waals surface area contributed by atoms with E-state index in [-0.39, 0.29) is 0 Å². The molecule has 3 aromatic rings. The van der Waals surface area contributed by atoms with Gasteiger partial charge in [0.25, 0.3) is 0 Å². The van der Waals surface area contributed by atoms with Crippen LogP contribution in [0.25, 0.3) is 10.9 Å². The highest BCUT2D eigenvalue weighted by atomic mass is 32.2. The first kappa shape index (κ1) is 12.4. The second kappa shape index (κ2) is 5.14. The van der Waals surface area contributed by atoms with Gasteiger partial charge in [-0.1, -0.05) is 23.9 Å². The number of para-hydroxylation sites is 1. The topological polar surface area (TPSA) is 65.9 Å². The van der Waals surface area contributed by atoms with E-state index < -0.39 is 0 Å². The molecule has 0 bridgehead atoms. The standard InChI is InChI=1S/C13H12N4S2/c1-8-6-18-13(15-8)19-7-11-16-10-5-3-2-4-9(10)12(14)17-11/h2-6H,7H2,1H3,(H2,14,16,17)/p+1. The number of fused-ring (bicyclic) bond motifs is 1. The number of benzene rings is 1. The van der Waals surface area contributed by atoms with Crippen molar-refractivity contribution in [3.8, 4) is 0 Å². The smallest absolute Gasteiger partial charge is 0.247 e. The molecule has 4 nitrogen and oxygen atoms in total. The van der Waals surface area contributed by atoms with E-state index in [2.05, 4.69) is 15.0 Å². The average Bonchev–Trinajstić information content (AvgIpc) is 2.82. The summed E-state index contributed by atoms with van der Waals surface area (Å²) in [5.74, 6) is 2.27. The van der Waals surface area contributed by atoms with Crippen LogP contribution in [0.1, 0.15) is 11.5 Å². The van der Waals surface area contributed by atoms with E-state index >= 15 is 0 Å². The lowest BCUT2D eigenvalue weighted by Gasteiger charge is -1.99. The number of nitrogens with two attached hydrogens (primary N) is 1. The number of aromatic nitrogens is 3. The maximum absolute atomic E-state index is 6.01. The molecule has 0 aliphatic carbocycles. The summed E-state index contributed by atoms with van der Waals surface area (Å²) in [7, 11) is 0. The van der Waals surface area contributed by atoms with Crippen molar-refractivity contribution in [2.45, 2.75) is 17.0 Å². The highest BCUT2D eigenvalue weighted by molar-refractivity contribution is 8.00. The summed E-state index contributed by atoms with van der Waals surface area (Å²) in [4.78, 5) is 12.1. The minimum Gasteiger partial charge on any atom is -0.318 e. The molecule has 6 heteroatoms. The first-order chi connectivity index (χ1) is 9.22. The van der Waals surface area contributed by atoms with Gasteiger partial charge in [-0.15, -0.1) is 16.3 Å². The van der Waals surface area contributed by atoms with Gasteiger partial charge in [-0.05, 0) is 19.1 Å². The third kappa shape index (κ3) is 2.69. The zero-order valence-electron chi connectivity index (χ0n) is 10.4. The molecule has 3 rings (SSSR count). The fourth-order valence-corrected chi connectivity index (χ4v) is 3.51. The molecule has 0 atom stereocenters. The Morgan fingerprint density at radius 2 is 2.16 bits per heavy atom. The monoisotopic (exact) mass is 289 g/mol. The molecule has 96 valence electrons. The van der Waals surface area contributed by atoms with Gasteiger partial charge in [-0.3, -0.25) is 0 Å². The van der Waals surface area contributed by atoms with E-state index in [1.165, 1.54) is 0 Å². The number of H-pyrrole nitrogens is 1. The molecule has 0 aliphatic rings. The van der Waals surface area contributed by atoms with Crippen LogP contribution in [0, 0.1) is 6.92 Å². The molecular formula is C13H13N4S2+. The summed E-state index contributed by atoms with van der Waals surface area (Å²) in [5.41, 5.74) is 7.99. The Morgan fingerprint density at radius 3 is 2.95 bits per heavy atom. The fraction of sp³-hybridized carbons (Fsp3) is 0.154. The first-order valence-corrected chi connectivity index (χ1v) is 7.70. The molecule has 0 unspecified atom stereocenters. The molecule has 3 N–H and O–H groups in total. The molecule has 0 aliphatic heterocycles. The molecule has 1 aromatic carbocycles. The van der Waals surface area contributed by atoms with Crippen molar-refractivity contribution in [2.24, 2.45) is 0 Å². The van der Waals surface area contributed by atoms with Crippen LogP contribution in [0.5, 0.6) is 0 Å². The maximum Gasteiger partial charge on any atom is 0.247 e. The van der Waals surface area contributed by atoms with Crippen molar-refractivity contribution < 1.29 is 4.98 Å². The number of hydrogen-bond acceptors (Lipinski definition) is 5. The summed E-state index contributed by atoms with van der Waals surface area (Å²) < 4.78 is 1.06. The number of aromatic amines is 1. The predicted molar refractivity (Wildman–Crippen MR) is 79.1 cm³/mol. The second-order valence-corrected chi connectivity index (χ2v) is 6.24. The quantitative estimate of drug-likeness (QED) is 0.753. The Labute approximate surface area is 119 Å². The molecule has 2 aromatic heterocycles. The number of hydrogen-bond donors (Lipinski definition) is 1. The number of thiazole rings is 1. The van der Waals surface area contributed by atoms with Crippen molar-refractivity contribution in [3.05, 3.63) is 41.2 Å². The molecule has 0 saturated heterocycles. The Kier molecular flexibility index (Phi) is 3.35. The van der Waals surface area contributed by atoms with Crippen molar-refractivity contribution in [1.29, 1.82) is 0 Å². The van der Waals surface area contributed by atoms with Gasteiger partial charge in [-0.25, -0.2) is 9.97 Å². The Balaban J connectivity index is 1.85. The summed E-state index contributed by atoms with van der Waals surface area (Å²) in [5, 5.41) is 3.01. The summed E-state index contributed by atoms with van der Waals surface area (Å²) >= 11 is 3.33. The van der Waals surface area contributed by atoms with Gasteiger partial charge in [0.05, 0.1) is 11.1 Å². The minimum atomic E-state index is 0.663. The van der Waals surface area contributed by atoms with Crippen LogP contribution in [0.2, 0.25) is 0 Å². The number of anilines is 1. The minimum absolute atomic E-state index is 0.663. The summed E-state index contributed by atoms with van der Waals surface area (Å²) in [6.07, 6.45) is 0. The van der Waals surface area contributed by atoms with Gasteiger partial charge in [-0.2, -0.15) is 0 Å². The van der Waals surface area contributed by atoms with E-state index in [0.717, 1.165) is 32.5 Å². The molecule has 0 radical (unpaired) electrons. The van der Waals surface area contributed by atoms with Crippen molar-refractivity contribution in [3.63, 3.8) is 0 Å². The van der Waals surface area contributed by atoms with Crippen molar-refractivity contribution in [1.82, 2.24) is 9.97 Å². The lowest BCUT2D eigenvalue weighted by molar-refractivity contribution is -0.374. The SMILES string of the molecule is Cc1csc(SCc2nc3ccccc3c(N)[nH+]2)n1. The Hall–Kier alpha value is -1.66. The van der Waals surface area contributed by atoms with Crippen LogP contribution in [-0.4, -0.2) is 9.97 Å². The Bertz CT molecular complexity index is 723. The molecule has 0 fully saturated rings. The van der Waals surface area contributed by atoms with Crippen LogP contribution >= 0.6 is 23.1 Å². The zero-order valence-corrected chi connectivity index (χ0v) is 12.0. The fourth-order valence-electron chi connectivity index (χ4n) is 1.79. The first-order valence-electron chi connectivity index (χ1n) is 5.84. The van der Waals surface area contributed by atoms with Crippen molar-refractivity contribution in [2.75, 3.05) is 5.73 Å². The second-order valence-electron chi connectivity index (χ2n) is 4.16. The molecule has 0 saturated carbocycles. The number of aryl methyl sites for hydroxylation is 1. The Morgan fingerprint density at radius 1 is 1.32 bits per heavy atom. The van der Waals surface area contributed by atoms with Gasteiger partial charge >= 0.3 is 0 Å². The van der Waals surface area contributed by atoms with Gasteiger partial charge in [0.1, 0.15) is 0 Å². The predicted octanol–water partition coefficient (Wildman–Crippen LogP) is 2.69. The molecule has 0 amide bonds. The highest BCUT2D eigenvalue weighted by Crippen LogP contribution is 2.25. The average molecular weight is 289 g/mol. The van der Waals surface area contributed by atoms with Crippen LogP contribution < -0.4 is 10.7 Å². The van der Waals surface area contributed by atoms with Crippen LogP contribution in [0.3, 0.4) is 0 Å². The number of rotatable bonds is 3. The van der Waals surface area contributed by atoms with Crippen molar-refractivity contribution >= 4 is 39.8 Å².